The number of hydrogen-bond acceptors (Lipinski definition) is 4. The van der Waals surface area contributed by atoms with Gasteiger partial charge in [-0.2, -0.15) is 0 Å². The normalized spacial score (nSPS) is 10.4. The van der Waals surface area contributed by atoms with Crippen molar-refractivity contribution in [2.45, 2.75) is 13.5 Å². The van der Waals surface area contributed by atoms with Crippen molar-refractivity contribution in [2.75, 3.05) is 5.32 Å². The van der Waals surface area contributed by atoms with Crippen molar-refractivity contribution in [3.05, 3.63) is 82.5 Å². The first-order chi connectivity index (χ1) is 12.5. The average molecular weight is 371 g/mol. The summed E-state index contributed by atoms with van der Waals surface area (Å²) in [7, 11) is 0. The zero-order valence-electron chi connectivity index (χ0n) is 14.0. The van der Waals surface area contributed by atoms with Crippen molar-refractivity contribution in [1.29, 1.82) is 0 Å². The minimum atomic E-state index is -0.354. The van der Waals surface area contributed by atoms with Crippen LogP contribution in [0.2, 0.25) is 5.02 Å². The van der Waals surface area contributed by atoms with Crippen molar-refractivity contribution in [3.8, 4) is 0 Å². The van der Waals surface area contributed by atoms with Gasteiger partial charge in [-0.3, -0.25) is 4.79 Å². The third-order valence-corrected chi connectivity index (χ3v) is 4.19. The van der Waals surface area contributed by atoms with Gasteiger partial charge in [0.25, 0.3) is 5.91 Å². The molecule has 0 aliphatic rings. The molecule has 0 saturated carbocycles. The first-order valence-corrected chi connectivity index (χ1v) is 8.27. The Hall–Kier alpha value is -2.99. The Morgan fingerprint density at radius 1 is 1.12 bits per heavy atom. The SMILES string of the molecule is Cc1c(Cl)cccc1Nc1cnc(C(=O)NCc2ccc(F)cc2)cn1. The zero-order chi connectivity index (χ0) is 18.5. The van der Waals surface area contributed by atoms with Crippen LogP contribution in [-0.4, -0.2) is 15.9 Å². The van der Waals surface area contributed by atoms with Gasteiger partial charge in [-0.1, -0.05) is 29.8 Å². The maximum atomic E-state index is 12.9. The smallest absolute Gasteiger partial charge is 0.271 e. The summed E-state index contributed by atoms with van der Waals surface area (Å²) in [6.07, 6.45) is 2.87. The van der Waals surface area contributed by atoms with E-state index in [2.05, 4.69) is 20.6 Å². The Kier molecular flexibility index (Phi) is 5.43. The van der Waals surface area contributed by atoms with Crippen molar-refractivity contribution in [1.82, 2.24) is 15.3 Å². The fourth-order valence-electron chi connectivity index (χ4n) is 2.27. The van der Waals surface area contributed by atoms with Gasteiger partial charge < -0.3 is 10.6 Å². The molecule has 1 amide bonds. The number of anilines is 2. The van der Waals surface area contributed by atoms with E-state index in [1.165, 1.54) is 24.5 Å². The fraction of sp³-hybridized carbons (Fsp3) is 0.105. The van der Waals surface area contributed by atoms with E-state index in [9.17, 15) is 9.18 Å². The molecule has 26 heavy (non-hydrogen) atoms. The molecule has 0 bridgehead atoms. The van der Waals surface area contributed by atoms with Crippen LogP contribution in [0.4, 0.5) is 15.9 Å². The van der Waals surface area contributed by atoms with Crippen LogP contribution in [0.3, 0.4) is 0 Å². The van der Waals surface area contributed by atoms with Gasteiger partial charge in [0.15, 0.2) is 0 Å². The number of benzene rings is 2. The summed E-state index contributed by atoms with van der Waals surface area (Å²) in [5, 5.41) is 6.49. The van der Waals surface area contributed by atoms with Gasteiger partial charge in [-0.25, -0.2) is 14.4 Å². The summed E-state index contributed by atoms with van der Waals surface area (Å²) >= 11 is 6.09. The van der Waals surface area contributed by atoms with Gasteiger partial charge in [-0.15, -0.1) is 0 Å². The second-order valence-corrected chi connectivity index (χ2v) is 6.04. The van der Waals surface area contributed by atoms with Crippen LogP contribution in [-0.2, 0) is 6.54 Å². The van der Waals surface area contributed by atoms with Crippen LogP contribution >= 0.6 is 11.6 Å². The van der Waals surface area contributed by atoms with E-state index >= 15 is 0 Å². The maximum absolute atomic E-state index is 12.9. The minimum Gasteiger partial charge on any atom is -0.347 e. The number of nitrogens with zero attached hydrogens (tertiary/aromatic N) is 2. The highest BCUT2D eigenvalue weighted by Gasteiger charge is 2.09. The van der Waals surface area contributed by atoms with Crippen molar-refractivity contribution in [3.63, 3.8) is 0 Å². The van der Waals surface area contributed by atoms with Gasteiger partial charge in [0, 0.05) is 17.3 Å². The van der Waals surface area contributed by atoms with Gasteiger partial charge >= 0.3 is 0 Å². The molecule has 0 atom stereocenters. The third kappa shape index (κ3) is 4.34. The Morgan fingerprint density at radius 3 is 2.58 bits per heavy atom. The largest absolute Gasteiger partial charge is 0.347 e. The molecule has 0 radical (unpaired) electrons. The third-order valence-electron chi connectivity index (χ3n) is 3.78. The van der Waals surface area contributed by atoms with Crippen LogP contribution in [0, 0.1) is 12.7 Å². The van der Waals surface area contributed by atoms with Gasteiger partial charge in [0.05, 0.1) is 12.4 Å². The molecule has 0 unspecified atom stereocenters. The van der Waals surface area contributed by atoms with Gasteiger partial charge in [-0.05, 0) is 42.3 Å². The quantitative estimate of drug-likeness (QED) is 0.704. The summed E-state index contributed by atoms with van der Waals surface area (Å²) in [5.74, 6) is -0.165. The molecule has 5 nitrogen and oxygen atoms in total. The van der Waals surface area contributed by atoms with E-state index in [0.717, 1.165) is 16.8 Å². The molecule has 3 rings (SSSR count). The standard InChI is InChI=1S/C19H16ClFN4O/c1-12-15(20)3-2-4-16(12)25-18-11-22-17(10-23-18)19(26)24-9-13-5-7-14(21)8-6-13/h2-8,10-11H,9H2,1H3,(H,23,25)(H,24,26). The van der Waals surface area contributed by atoms with Crippen molar-refractivity contribution >= 4 is 29.0 Å². The van der Waals surface area contributed by atoms with E-state index in [0.29, 0.717) is 10.8 Å². The summed E-state index contributed by atoms with van der Waals surface area (Å²) < 4.78 is 12.9. The van der Waals surface area contributed by atoms with E-state index in [1.54, 1.807) is 12.1 Å². The molecule has 0 fully saturated rings. The van der Waals surface area contributed by atoms with Gasteiger partial charge in [0.1, 0.15) is 17.3 Å². The predicted molar refractivity (Wildman–Crippen MR) is 99.1 cm³/mol. The second-order valence-electron chi connectivity index (χ2n) is 5.63. The van der Waals surface area contributed by atoms with Crippen LogP contribution < -0.4 is 10.6 Å². The highest BCUT2D eigenvalue weighted by atomic mass is 35.5. The number of hydrogen-bond donors (Lipinski definition) is 2. The topological polar surface area (TPSA) is 66.9 Å². The highest BCUT2D eigenvalue weighted by Crippen LogP contribution is 2.25. The first-order valence-electron chi connectivity index (χ1n) is 7.90. The van der Waals surface area contributed by atoms with Crippen LogP contribution in [0.5, 0.6) is 0 Å². The molecule has 1 heterocycles. The lowest BCUT2D eigenvalue weighted by Gasteiger charge is -2.10. The molecule has 2 N–H and O–H groups in total. The molecule has 0 aliphatic heterocycles. The van der Waals surface area contributed by atoms with Crippen LogP contribution in [0.1, 0.15) is 21.6 Å². The highest BCUT2D eigenvalue weighted by molar-refractivity contribution is 6.31. The van der Waals surface area contributed by atoms with Crippen LogP contribution in [0.15, 0.2) is 54.9 Å². The summed E-state index contributed by atoms with van der Waals surface area (Å²) in [6.45, 7) is 2.18. The fourth-order valence-corrected chi connectivity index (χ4v) is 2.44. The average Bonchev–Trinajstić information content (AvgIpc) is 2.65. The van der Waals surface area contributed by atoms with E-state index in [-0.39, 0.29) is 24.0 Å². The molecule has 132 valence electrons. The number of aromatic nitrogens is 2. The summed E-state index contributed by atoms with van der Waals surface area (Å²) in [4.78, 5) is 20.5. The molecule has 1 aromatic heterocycles. The van der Waals surface area contributed by atoms with E-state index in [1.807, 2.05) is 25.1 Å². The number of amides is 1. The Balaban J connectivity index is 1.62. The molecular weight excluding hydrogens is 355 g/mol. The molecule has 0 spiro atoms. The number of carbonyl (C=O) groups is 1. The maximum Gasteiger partial charge on any atom is 0.271 e. The summed E-state index contributed by atoms with van der Waals surface area (Å²) in [5.41, 5.74) is 2.71. The number of halogens is 2. The number of carbonyl (C=O) groups excluding carboxylic acids is 1. The number of nitrogens with one attached hydrogen (secondary N) is 2. The first kappa shape index (κ1) is 17.8. The lowest BCUT2D eigenvalue weighted by molar-refractivity contribution is 0.0945. The second kappa shape index (κ2) is 7.93. The van der Waals surface area contributed by atoms with Gasteiger partial charge in [0.2, 0.25) is 0 Å². The van der Waals surface area contributed by atoms with Crippen molar-refractivity contribution < 1.29 is 9.18 Å². The molecule has 0 saturated heterocycles. The molecule has 2 aromatic carbocycles. The van der Waals surface area contributed by atoms with E-state index in [4.69, 9.17) is 11.6 Å². The Morgan fingerprint density at radius 2 is 1.88 bits per heavy atom. The van der Waals surface area contributed by atoms with Crippen LogP contribution in [0.25, 0.3) is 0 Å². The zero-order valence-corrected chi connectivity index (χ0v) is 14.7. The molecule has 3 aromatic rings. The summed E-state index contributed by atoms with van der Waals surface area (Å²) in [6, 6.07) is 11.4. The van der Waals surface area contributed by atoms with E-state index < -0.39 is 0 Å². The molecule has 7 heteroatoms. The minimum absolute atomic E-state index is 0.195. The lowest BCUT2D eigenvalue weighted by atomic mass is 10.2. The molecule has 0 aliphatic carbocycles. The number of rotatable bonds is 5. The lowest BCUT2D eigenvalue weighted by Crippen LogP contribution is -2.24. The Labute approximate surface area is 155 Å². The predicted octanol–water partition coefficient (Wildman–Crippen LogP) is 4.25. The van der Waals surface area contributed by atoms with Crippen molar-refractivity contribution in [2.24, 2.45) is 0 Å². The molecular formula is C19H16ClFN4O. The monoisotopic (exact) mass is 370 g/mol. The Bertz CT molecular complexity index is 914.